The summed E-state index contributed by atoms with van der Waals surface area (Å²) in [7, 11) is 0. The molecule has 2 amide bonds. The van der Waals surface area contributed by atoms with Gasteiger partial charge in [-0.2, -0.15) is 0 Å². The quantitative estimate of drug-likeness (QED) is 0.533. The molecule has 0 N–H and O–H groups in total. The van der Waals surface area contributed by atoms with Gasteiger partial charge in [-0.05, 0) is 6.92 Å². The normalized spacial score (nSPS) is 18.1. The maximum atomic E-state index is 11.8. The van der Waals surface area contributed by atoms with Crippen molar-refractivity contribution in [3.05, 3.63) is 12.2 Å². The van der Waals surface area contributed by atoms with Crippen LogP contribution in [0, 0.1) is 0 Å². The van der Waals surface area contributed by atoms with Gasteiger partial charge in [0.1, 0.15) is 0 Å². The number of hydrogen-bond donors (Lipinski definition) is 0. The van der Waals surface area contributed by atoms with E-state index in [9.17, 15) is 19.2 Å². The van der Waals surface area contributed by atoms with Crippen LogP contribution >= 0.6 is 0 Å². The lowest BCUT2D eigenvalue weighted by atomic mass is 10.3. The molecule has 0 saturated carbocycles. The highest BCUT2D eigenvalue weighted by Gasteiger charge is 2.38. The fourth-order valence-electron chi connectivity index (χ4n) is 1.58. The summed E-state index contributed by atoms with van der Waals surface area (Å²) < 4.78 is 9.51. The highest BCUT2D eigenvalue weighted by molar-refractivity contribution is 5.99. The molecule has 1 heterocycles. The third kappa shape index (κ3) is 3.90. The van der Waals surface area contributed by atoms with Crippen LogP contribution in [0.4, 0.5) is 0 Å². The number of hydrogen-bond acceptors (Lipinski definition) is 6. The van der Waals surface area contributed by atoms with Crippen molar-refractivity contribution < 1.29 is 28.7 Å². The van der Waals surface area contributed by atoms with E-state index < -0.39 is 36.6 Å². The summed E-state index contributed by atoms with van der Waals surface area (Å²) >= 11 is 0. The highest BCUT2D eigenvalue weighted by atomic mass is 16.6. The van der Waals surface area contributed by atoms with E-state index >= 15 is 0 Å². The summed E-state index contributed by atoms with van der Waals surface area (Å²) in [5, 5.41) is 0. The summed E-state index contributed by atoms with van der Waals surface area (Å²) in [5.41, 5.74) is 0.150. The molecule has 104 valence electrons. The maximum Gasteiger partial charge on any atom is 0.333 e. The zero-order valence-corrected chi connectivity index (χ0v) is 10.8. The third-order valence-corrected chi connectivity index (χ3v) is 2.41. The number of nitrogens with zero attached hydrogens (tertiary/aromatic N) is 1. The van der Waals surface area contributed by atoms with Crippen LogP contribution in [0.2, 0.25) is 0 Å². The minimum atomic E-state index is -0.916. The van der Waals surface area contributed by atoms with Crippen LogP contribution in [0.1, 0.15) is 26.7 Å². The van der Waals surface area contributed by atoms with Crippen molar-refractivity contribution in [2.45, 2.75) is 32.9 Å². The standard InChI is InChI=1S/C12H15NO6/c1-7(2)12(17)18-6-10(16)13-9(15)4-5-11(13)19-8(3)14/h11H,1,4-6H2,2-3H3. The summed E-state index contributed by atoms with van der Waals surface area (Å²) in [6.07, 6.45) is -0.558. The molecule has 19 heavy (non-hydrogen) atoms. The van der Waals surface area contributed by atoms with E-state index in [1.807, 2.05) is 0 Å². The maximum absolute atomic E-state index is 11.8. The Bertz CT molecular complexity index is 442. The minimum Gasteiger partial charge on any atom is -0.452 e. The molecule has 7 nitrogen and oxygen atoms in total. The zero-order chi connectivity index (χ0) is 14.6. The van der Waals surface area contributed by atoms with Gasteiger partial charge in [0.05, 0.1) is 0 Å². The lowest BCUT2D eigenvalue weighted by molar-refractivity contribution is -0.167. The van der Waals surface area contributed by atoms with E-state index in [2.05, 4.69) is 11.3 Å². The number of likely N-dealkylation sites (tertiary alicyclic amines) is 1. The molecule has 1 aliphatic rings. The second kappa shape index (κ2) is 6.12. The van der Waals surface area contributed by atoms with E-state index in [-0.39, 0.29) is 18.4 Å². The summed E-state index contributed by atoms with van der Waals surface area (Å²) in [5.74, 6) is -2.48. The third-order valence-electron chi connectivity index (χ3n) is 2.41. The lowest BCUT2D eigenvalue weighted by Gasteiger charge is -2.22. The molecule has 7 heteroatoms. The molecule has 1 aliphatic heterocycles. The number of imide groups is 1. The van der Waals surface area contributed by atoms with E-state index in [1.165, 1.54) is 13.8 Å². The highest BCUT2D eigenvalue weighted by Crippen LogP contribution is 2.20. The minimum absolute atomic E-state index is 0.109. The first-order chi connectivity index (χ1) is 8.82. The summed E-state index contributed by atoms with van der Waals surface area (Å²) in [4.78, 5) is 46.1. The Morgan fingerprint density at radius 2 is 2.00 bits per heavy atom. The molecule has 1 fully saturated rings. The number of carbonyl (C=O) groups excluding carboxylic acids is 4. The molecule has 1 saturated heterocycles. The number of rotatable bonds is 4. The first kappa shape index (κ1) is 14.9. The molecule has 0 radical (unpaired) electrons. The predicted octanol–water partition coefficient (Wildman–Crippen LogP) is 0.144. The van der Waals surface area contributed by atoms with Crippen LogP contribution in [-0.2, 0) is 28.7 Å². The Kier molecular flexibility index (Phi) is 4.80. The van der Waals surface area contributed by atoms with Crippen molar-refractivity contribution in [1.82, 2.24) is 4.90 Å². The van der Waals surface area contributed by atoms with Crippen LogP contribution < -0.4 is 0 Å². The predicted molar refractivity (Wildman–Crippen MR) is 62.4 cm³/mol. The van der Waals surface area contributed by atoms with Gasteiger partial charge in [-0.3, -0.25) is 14.4 Å². The van der Waals surface area contributed by atoms with Gasteiger partial charge < -0.3 is 9.47 Å². The van der Waals surface area contributed by atoms with Crippen molar-refractivity contribution in [3.63, 3.8) is 0 Å². The van der Waals surface area contributed by atoms with Crippen molar-refractivity contribution in [1.29, 1.82) is 0 Å². The SMILES string of the molecule is C=C(C)C(=O)OCC(=O)N1C(=O)CCC1OC(C)=O. The number of amides is 2. The molecule has 0 bridgehead atoms. The summed E-state index contributed by atoms with van der Waals surface area (Å²) in [6.45, 7) is 5.40. The Labute approximate surface area is 110 Å². The zero-order valence-electron chi connectivity index (χ0n) is 10.8. The van der Waals surface area contributed by atoms with Gasteiger partial charge in [-0.25, -0.2) is 9.69 Å². The average molecular weight is 269 g/mol. The second-order valence-corrected chi connectivity index (χ2v) is 4.12. The van der Waals surface area contributed by atoms with Crippen LogP contribution in [0.15, 0.2) is 12.2 Å². The first-order valence-electron chi connectivity index (χ1n) is 5.67. The molecule has 0 aromatic heterocycles. The van der Waals surface area contributed by atoms with Crippen molar-refractivity contribution in [3.8, 4) is 0 Å². The Hall–Kier alpha value is -2.18. The Morgan fingerprint density at radius 3 is 2.53 bits per heavy atom. The molecule has 0 spiro atoms. The smallest absolute Gasteiger partial charge is 0.333 e. The van der Waals surface area contributed by atoms with E-state index in [0.717, 1.165) is 4.90 Å². The Morgan fingerprint density at radius 1 is 1.37 bits per heavy atom. The van der Waals surface area contributed by atoms with Crippen molar-refractivity contribution in [2.75, 3.05) is 6.61 Å². The Balaban J connectivity index is 2.62. The molecule has 0 aliphatic carbocycles. The first-order valence-corrected chi connectivity index (χ1v) is 5.67. The van der Waals surface area contributed by atoms with E-state index in [1.54, 1.807) is 0 Å². The van der Waals surface area contributed by atoms with Crippen molar-refractivity contribution in [2.24, 2.45) is 0 Å². The molecule has 0 aromatic carbocycles. The van der Waals surface area contributed by atoms with Crippen LogP contribution in [0.3, 0.4) is 0 Å². The van der Waals surface area contributed by atoms with Crippen LogP contribution in [-0.4, -0.2) is 41.5 Å². The van der Waals surface area contributed by atoms with Gasteiger partial charge in [-0.15, -0.1) is 0 Å². The molecule has 1 atom stereocenters. The number of ether oxygens (including phenoxy) is 2. The van der Waals surface area contributed by atoms with Gasteiger partial charge in [0.2, 0.25) is 5.91 Å². The van der Waals surface area contributed by atoms with Crippen molar-refractivity contribution >= 4 is 23.8 Å². The van der Waals surface area contributed by atoms with E-state index in [0.29, 0.717) is 0 Å². The molecule has 1 rings (SSSR count). The molecular formula is C12H15NO6. The van der Waals surface area contributed by atoms with Crippen LogP contribution in [0.25, 0.3) is 0 Å². The fourth-order valence-corrected chi connectivity index (χ4v) is 1.58. The van der Waals surface area contributed by atoms with E-state index in [4.69, 9.17) is 4.74 Å². The molecule has 0 aromatic rings. The number of carbonyl (C=O) groups is 4. The molecular weight excluding hydrogens is 254 g/mol. The largest absolute Gasteiger partial charge is 0.452 e. The lowest BCUT2D eigenvalue weighted by Crippen LogP contribution is -2.43. The number of esters is 2. The second-order valence-electron chi connectivity index (χ2n) is 4.12. The van der Waals surface area contributed by atoms with Gasteiger partial charge in [0, 0.05) is 25.3 Å². The van der Waals surface area contributed by atoms with Gasteiger partial charge in [0.15, 0.2) is 12.8 Å². The van der Waals surface area contributed by atoms with Gasteiger partial charge >= 0.3 is 11.9 Å². The summed E-state index contributed by atoms with van der Waals surface area (Å²) in [6, 6.07) is 0. The molecule has 1 unspecified atom stereocenters. The average Bonchev–Trinajstić information content (AvgIpc) is 2.66. The topological polar surface area (TPSA) is 90.0 Å². The monoisotopic (exact) mass is 269 g/mol. The van der Waals surface area contributed by atoms with Gasteiger partial charge in [-0.1, -0.05) is 6.58 Å². The fraction of sp³-hybridized carbons (Fsp3) is 0.500. The van der Waals surface area contributed by atoms with Crippen LogP contribution in [0.5, 0.6) is 0 Å². The van der Waals surface area contributed by atoms with Gasteiger partial charge in [0.25, 0.3) is 5.91 Å².